The zero-order chi connectivity index (χ0) is 10.3. The number of nitro groups is 1. The Hall–Kier alpha value is -0.590. The molecule has 0 saturated heterocycles. The Morgan fingerprint density at radius 2 is 2.21 bits per heavy atom. The molecule has 0 N–H and O–H groups in total. The first kappa shape index (κ1) is 9.95. The molecule has 6 heteroatoms. The lowest BCUT2D eigenvalue weighted by Gasteiger charge is -1.95. The Kier molecular flexibility index (Phi) is 2.50. The number of nitro benzene ring substituents is 1. The molecule has 0 amide bonds. The minimum Gasteiger partial charge on any atom is -0.258 e. The molecule has 1 heterocycles. The molecule has 72 valence electrons. The molecule has 0 atom stereocenters. The van der Waals surface area contributed by atoms with Crippen molar-refractivity contribution in [3.05, 3.63) is 32.1 Å². The number of nitrogens with zero attached hydrogens (tertiary/aromatic N) is 1. The van der Waals surface area contributed by atoms with Crippen LogP contribution < -0.4 is 0 Å². The number of thiophene rings is 1. The third-order valence-corrected chi connectivity index (χ3v) is 4.00. The summed E-state index contributed by atoms with van der Waals surface area (Å²) in [6, 6.07) is 4.87. The van der Waals surface area contributed by atoms with Crippen molar-refractivity contribution in [2.24, 2.45) is 0 Å². The van der Waals surface area contributed by atoms with Crippen LogP contribution in [0.25, 0.3) is 10.1 Å². The summed E-state index contributed by atoms with van der Waals surface area (Å²) in [5.74, 6) is 0. The van der Waals surface area contributed by atoms with Gasteiger partial charge in [0.25, 0.3) is 5.69 Å². The first-order valence-corrected chi connectivity index (χ1v) is 5.70. The van der Waals surface area contributed by atoms with Crippen LogP contribution >= 0.6 is 39.9 Å². The Balaban J connectivity index is 2.87. The van der Waals surface area contributed by atoms with Crippen LogP contribution in [-0.4, -0.2) is 4.92 Å². The van der Waals surface area contributed by atoms with Gasteiger partial charge < -0.3 is 0 Å². The summed E-state index contributed by atoms with van der Waals surface area (Å²) in [7, 11) is 0. The van der Waals surface area contributed by atoms with Gasteiger partial charge in [-0.2, -0.15) is 0 Å². The highest BCUT2D eigenvalue weighted by Gasteiger charge is 2.15. The van der Waals surface area contributed by atoms with Gasteiger partial charge in [0.1, 0.15) is 0 Å². The maximum Gasteiger partial charge on any atom is 0.278 e. The van der Waals surface area contributed by atoms with E-state index in [1.54, 1.807) is 12.1 Å². The lowest BCUT2D eigenvalue weighted by molar-refractivity contribution is -0.383. The standard InChI is InChI=1S/C8H4BrNO2S2/c9-7-3-4-5(10(11)12)1-2-6(13)8(4)14-7/h1-3,13H. The summed E-state index contributed by atoms with van der Waals surface area (Å²) in [4.78, 5) is 11.1. The van der Waals surface area contributed by atoms with E-state index in [2.05, 4.69) is 28.6 Å². The molecule has 0 aliphatic carbocycles. The number of fused-ring (bicyclic) bond motifs is 1. The second-order valence-electron chi connectivity index (χ2n) is 2.65. The van der Waals surface area contributed by atoms with Crippen LogP contribution in [0.1, 0.15) is 0 Å². The van der Waals surface area contributed by atoms with Gasteiger partial charge in [-0.3, -0.25) is 10.1 Å². The van der Waals surface area contributed by atoms with Gasteiger partial charge in [-0.1, -0.05) is 0 Å². The first-order chi connectivity index (χ1) is 6.59. The van der Waals surface area contributed by atoms with Crippen molar-refractivity contribution < 1.29 is 4.92 Å². The Morgan fingerprint density at radius 1 is 1.50 bits per heavy atom. The molecule has 0 saturated carbocycles. The SMILES string of the molecule is O=[N+]([O-])c1ccc(S)c2sc(Br)cc12. The minimum absolute atomic E-state index is 0.125. The van der Waals surface area contributed by atoms with Gasteiger partial charge in [0.05, 0.1) is 18.8 Å². The summed E-state index contributed by atoms with van der Waals surface area (Å²) in [5, 5.41) is 11.3. The van der Waals surface area contributed by atoms with Crippen molar-refractivity contribution in [1.29, 1.82) is 0 Å². The molecule has 2 rings (SSSR count). The van der Waals surface area contributed by atoms with Gasteiger partial charge in [0.15, 0.2) is 0 Å². The molecule has 3 nitrogen and oxygen atoms in total. The van der Waals surface area contributed by atoms with Gasteiger partial charge in [0.2, 0.25) is 0 Å². The van der Waals surface area contributed by atoms with Gasteiger partial charge in [0, 0.05) is 11.0 Å². The summed E-state index contributed by atoms with van der Waals surface area (Å²) in [5.41, 5.74) is 0.125. The molecule has 0 aliphatic heterocycles. The fourth-order valence-corrected chi connectivity index (χ4v) is 3.09. The van der Waals surface area contributed by atoms with E-state index in [9.17, 15) is 10.1 Å². The minimum atomic E-state index is -0.380. The lowest BCUT2D eigenvalue weighted by atomic mass is 10.2. The molecule has 0 unspecified atom stereocenters. The predicted molar refractivity (Wildman–Crippen MR) is 63.4 cm³/mol. The van der Waals surface area contributed by atoms with E-state index in [4.69, 9.17) is 0 Å². The maximum absolute atomic E-state index is 10.7. The number of hydrogen-bond donors (Lipinski definition) is 1. The van der Waals surface area contributed by atoms with Crippen LogP contribution in [0, 0.1) is 10.1 Å². The lowest BCUT2D eigenvalue weighted by Crippen LogP contribution is -1.87. The van der Waals surface area contributed by atoms with Crippen molar-refractivity contribution in [3.63, 3.8) is 0 Å². The van der Waals surface area contributed by atoms with E-state index in [-0.39, 0.29) is 10.6 Å². The van der Waals surface area contributed by atoms with E-state index in [0.717, 1.165) is 13.4 Å². The average molecular weight is 290 g/mol. The second-order valence-corrected chi connectivity index (χ2v) is 5.57. The zero-order valence-corrected chi connectivity index (χ0v) is 10.0. The summed E-state index contributed by atoms with van der Waals surface area (Å²) in [6.07, 6.45) is 0. The van der Waals surface area contributed by atoms with E-state index in [1.165, 1.54) is 17.4 Å². The zero-order valence-electron chi connectivity index (χ0n) is 6.73. The molecule has 0 fully saturated rings. The molecule has 2 aromatic rings. The van der Waals surface area contributed by atoms with Crippen LogP contribution in [0.15, 0.2) is 26.9 Å². The van der Waals surface area contributed by atoms with Crippen LogP contribution in [0.4, 0.5) is 5.69 Å². The van der Waals surface area contributed by atoms with Gasteiger partial charge in [-0.25, -0.2) is 0 Å². The molecular formula is C8H4BrNO2S2. The van der Waals surface area contributed by atoms with Crippen molar-refractivity contribution in [3.8, 4) is 0 Å². The van der Waals surface area contributed by atoms with Gasteiger partial charge in [-0.15, -0.1) is 24.0 Å². The summed E-state index contributed by atoms with van der Waals surface area (Å²) < 4.78 is 1.71. The number of halogens is 1. The van der Waals surface area contributed by atoms with Gasteiger partial charge in [-0.05, 0) is 28.1 Å². The second kappa shape index (κ2) is 3.52. The number of benzene rings is 1. The molecular weight excluding hydrogens is 286 g/mol. The highest BCUT2D eigenvalue weighted by atomic mass is 79.9. The van der Waals surface area contributed by atoms with Crippen LogP contribution in [-0.2, 0) is 0 Å². The van der Waals surface area contributed by atoms with Crippen LogP contribution in [0.2, 0.25) is 0 Å². The number of non-ortho nitro benzene ring substituents is 1. The molecule has 1 aromatic carbocycles. The molecule has 1 aromatic heterocycles. The average Bonchev–Trinajstić information content (AvgIpc) is 2.47. The van der Waals surface area contributed by atoms with E-state index >= 15 is 0 Å². The maximum atomic E-state index is 10.7. The summed E-state index contributed by atoms with van der Waals surface area (Å²) >= 11 is 9.00. The monoisotopic (exact) mass is 289 g/mol. The number of rotatable bonds is 1. The topological polar surface area (TPSA) is 43.1 Å². The number of thiol groups is 1. The van der Waals surface area contributed by atoms with E-state index < -0.39 is 0 Å². The van der Waals surface area contributed by atoms with Crippen LogP contribution in [0.5, 0.6) is 0 Å². The normalized spacial score (nSPS) is 10.7. The van der Waals surface area contributed by atoms with Crippen molar-refractivity contribution in [2.75, 3.05) is 0 Å². The third kappa shape index (κ3) is 1.53. The fourth-order valence-electron chi connectivity index (χ4n) is 1.22. The fraction of sp³-hybridized carbons (Fsp3) is 0. The van der Waals surface area contributed by atoms with E-state index in [1.807, 2.05) is 0 Å². The van der Waals surface area contributed by atoms with Crippen molar-refractivity contribution in [2.45, 2.75) is 4.90 Å². The highest BCUT2D eigenvalue weighted by Crippen LogP contribution is 2.38. The largest absolute Gasteiger partial charge is 0.278 e. The highest BCUT2D eigenvalue weighted by molar-refractivity contribution is 9.11. The summed E-state index contributed by atoms with van der Waals surface area (Å²) in [6.45, 7) is 0. The predicted octanol–water partition coefficient (Wildman–Crippen LogP) is 3.86. The Labute approximate surface area is 97.4 Å². The molecule has 0 aliphatic rings. The third-order valence-electron chi connectivity index (χ3n) is 1.81. The Bertz CT molecular complexity index is 523. The molecule has 0 spiro atoms. The quantitative estimate of drug-likeness (QED) is 0.492. The van der Waals surface area contributed by atoms with Gasteiger partial charge >= 0.3 is 0 Å². The number of hydrogen-bond acceptors (Lipinski definition) is 4. The van der Waals surface area contributed by atoms with Crippen molar-refractivity contribution in [1.82, 2.24) is 0 Å². The smallest absolute Gasteiger partial charge is 0.258 e. The first-order valence-electron chi connectivity index (χ1n) is 3.65. The van der Waals surface area contributed by atoms with Crippen molar-refractivity contribution >= 4 is 55.7 Å². The molecule has 0 bridgehead atoms. The molecule has 14 heavy (non-hydrogen) atoms. The molecule has 0 radical (unpaired) electrons. The Morgan fingerprint density at radius 3 is 2.86 bits per heavy atom. The van der Waals surface area contributed by atoms with E-state index in [0.29, 0.717) is 5.39 Å². The van der Waals surface area contributed by atoms with Crippen LogP contribution in [0.3, 0.4) is 0 Å².